The van der Waals surface area contributed by atoms with Gasteiger partial charge >= 0.3 is 0 Å². The van der Waals surface area contributed by atoms with Gasteiger partial charge in [-0.1, -0.05) is 18.2 Å². The lowest BCUT2D eigenvalue weighted by atomic mass is 9.86. The number of aliphatic imine (C=N–C) groups is 1. The number of nitrogens with zero attached hydrogens (tertiary/aromatic N) is 1. The highest BCUT2D eigenvalue weighted by molar-refractivity contribution is 5.84. The Bertz CT molecular complexity index is 738. The molecule has 1 aliphatic carbocycles. The van der Waals surface area contributed by atoms with Crippen LogP contribution in [0.2, 0.25) is 0 Å². The van der Waals surface area contributed by atoms with Gasteiger partial charge in [-0.25, -0.2) is 0 Å². The highest BCUT2D eigenvalue weighted by Gasteiger charge is 2.43. The second-order valence-electron chi connectivity index (χ2n) is 8.87. The average Bonchev–Trinajstić information content (AvgIpc) is 3.14. The van der Waals surface area contributed by atoms with Crippen molar-refractivity contribution < 1.29 is 9.53 Å². The minimum absolute atomic E-state index is 0.0286. The van der Waals surface area contributed by atoms with E-state index in [9.17, 15) is 4.79 Å². The van der Waals surface area contributed by atoms with E-state index >= 15 is 0 Å². The van der Waals surface area contributed by atoms with Crippen LogP contribution < -0.4 is 20.7 Å². The Balaban J connectivity index is 1.79. The lowest BCUT2D eigenvalue weighted by Crippen LogP contribution is -2.47. The number of hydrogen-bond acceptors (Lipinski definition) is 3. The minimum Gasteiger partial charge on any atom is -0.487 e. The number of amides is 1. The van der Waals surface area contributed by atoms with Crippen molar-refractivity contribution in [1.82, 2.24) is 16.0 Å². The number of rotatable bonds is 6. The molecule has 0 bridgehead atoms. The molecule has 0 saturated heterocycles. The van der Waals surface area contributed by atoms with Crippen LogP contribution in [0.3, 0.4) is 0 Å². The first-order valence-electron chi connectivity index (χ1n) is 11.0. The van der Waals surface area contributed by atoms with Crippen molar-refractivity contribution in [1.29, 1.82) is 0 Å². The Kier molecular flexibility index (Phi) is 6.70. The Hall–Kier alpha value is -2.24. The highest BCUT2D eigenvalue weighted by atomic mass is 16.5. The number of ether oxygens (including phenoxy) is 1. The van der Waals surface area contributed by atoms with Crippen molar-refractivity contribution in [2.24, 2.45) is 10.4 Å². The van der Waals surface area contributed by atoms with Crippen molar-refractivity contribution in [2.75, 3.05) is 19.6 Å². The molecule has 1 heterocycles. The SMILES string of the molecule is CCNC(=O)C(C)(C)CN=C(NCC)NC1CC2(CCCC2)Oc2ccccc21. The molecule has 160 valence electrons. The molecule has 1 unspecified atom stereocenters. The zero-order chi connectivity index (χ0) is 20.9. The third kappa shape index (κ3) is 5.03. The van der Waals surface area contributed by atoms with Gasteiger partial charge < -0.3 is 20.7 Å². The van der Waals surface area contributed by atoms with Gasteiger partial charge in [-0.3, -0.25) is 9.79 Å². The van der Waals surface area contributed by atoms with Crippen molar-refractivity contribution in [3.8, 4) is 5.75 Å². The Labute approximate surface area is 174 Å². The molecule has 1 fully saturated rings. The van der Waals surface area contributed by atoms with Gasteiger partial charge in [0.2, 0.25) is 5.91 Å². The number of fused-ring (bicyclic) bond motifs is 1. The summed E-state index contributed by atoms with van der Waals surface area (Å²) in [6.07, 6.45) is 5.61. The zero-order valence-corrected chi connectivity index (χ0v) is 18.3. The molecular formula is C23H36N4O2. The molecule has 1 aromatic rings. The molecule has 1 aromatic carbocycles. The summed E-state index contributed by atoms with van der Waals surface area (Å²) >= 11 is 0. The normalized spacial score (nSPS) is 20.7. The molecule has 1 aliphatic heterocycles. The number of para-hydroxylation sites is 1. The Morgan fingerprint density at radius 1 is 1.17 bits per heavy atom. The predicted octanol–water partition coefficient (Wildman–Crippen LogP) is 3.54. The lowest BCUT2D eigenvalue weighted by molar-refractivity contribution is -0.128. The first-order valence-corrected chi connectivity index (χ1v) is 11.0. The summed E-state index contributed by atoms with van der Waals surface area (Å²) in [5.41, 5.74) is 0.557. The summed E-state index contributed by atoms with van der Waals surface area (Å²) in [5, 5.41) is 9.89. The predicted molar refractivity (Wildman–Crippen MR) is 117 cm³/mol. The fraction of sp³-hybridized carbons (Fsp3) is 0.652. The van der Waals surface area contributed by atoms with Crippen molar-refractivity contribution in [2.45, 2.75) is 71.4 Å². The van der Waals surface area contributed by atoms with Crippen LogP contribution in [0.4, 0.5) is 0 Å². The van der Waals surface area contributed by atoms with Crippen molar-refractivity contribution >= 4 is 11.9 Å². The van der Waals surface area contributed by atoms with E-state index in [1.54, 1.807) is 0 Å². The van der Waals surface area contributed by atoms with Crippen LogP contribution in [0.25, 0.3) is 0 Å². The number of guanidine groups is 1. The molecule has 0 aromatic heterocycles. The maximum absolute atomic E-state index is 12.3. The second-order valence-corrected chi connectivity index (χ2v) is 8.87. The van der Waals surface area contributed by atoms with Crippen LogP contribution >= 0.6 is 0 Å². The fourth-order valence-electron chi connectivity index (χ4n) is 4.31. The third-order valence-corrected chi connectivity index (χ3v) is 5.95. The second kappa shape index (κ2) is 9.06. The standard InChI is InChI=1S/C23H36N4O2/c1-5-24-20(28)22(3,4)16-26-21(25-6-2)27-18-15-23(13-9-10-14-23)29-19-12-8-7-11-17(18)19/h7-8,11-12,18H,5-6,9-10,13-16H2,1-4H3,(H,24,28)(H2,25,26,27). The van der Waals surface area contributed by atoms with Crippen LogP contribution in [-0.4, -0.2) is 37.1 Å². The van der Waals surface area contributed by atoms with Gasteiger partial charge in [0.1, 0.15) is 11.4 Å². The minimum atomic E-state index is -0.557. The van der Waals surface area contributed by atoms with Crippen molar-refractivity contribution in [3.63, 3.8) is 0 Å². The molecule has 3 rings (SSSR count). The smallest absolute Gasteiger partial charge is 0.227 e. The molecule has 1 spiro atoms. The summed E-state index contributed by atoms with van der Waals surface area (Å²) in [6.45, 7) is 9.68. The number of carbonyl (C=O) groups is 1. The van der Waals surface area contributed by atoms with Gasteiger partial charge in [0, 0.05) is 25.1 Å². The van der Waals surface area contributed by atoms with E-state index in [4.69, 9.17) is 9.73 Å². The topological polar surface area (TPSA) is 74.8 Å². The maximum Gasteiger partial charge on any atom is 0.227 e. The van der Waals surface area contributed by atoms with E-state index in [0.717, 1.165) is 37.5 Å². The van der Waals surface area contributed by atoms with Crippen LogP contribution in [0.15, 0.2) is 29.3 Å². The lowest BCUT2D eigenvalue weighted by Gasteiger charge is -2.40. The molecule has 3 N–H and O–H groups in total. The van der Waals surface area contributed by atoms with Crippen LogP contribution in [0, 0.1) is 5.41 Å². The summed E-state index contributed by atoms with van der Waals surface area (Å²) in [7, 11) is 0. The first kappa shape index (κ1) is 21.5. The molecule has 0 radical (unpaired) electrons. The maximum atomic E-state index is 12.3. The molecule has 6 heteroatoms. The molecule has 29 heavy (non-hydrogen) atoms. The largest absolute Gasteiger partial charge is 0.487 e. The number of benzene rings is 1. The zero-order valence-electron chi connectivity index (χ0n) is 18.3. The van der Waals surface area contributed by atoms with Crippen molar-refractivity contribution in [3.05, 3.63) is 29.8 Å². The molecule has 1 amide bonds. The third-order valence-electron chi connectivity index (χ3n) is 5.95. The van der Waals surface area contributed by atoms with E-state index in [2.05, 4.69) is 41.1 Å². The number of carbonyl (C=O) groups excluding carboxylic acids is 1. The van der Waals surface area contributed by atoms with Crippen LogP contribution in [0.1, 0.15) is 71.4 Å². The first-order chi connectivity index (χ1) is 13.9. The van der Waals surface area contributed by atoms with E-state index in [-0.39, 0.29) is 17.6 Å². The number of nitrogens with one attached hydrogen (secondary N) is 3. The van der Waals surface area contributed by atoms with Gasteiger partial charge in [-0.05, 0) is 59.4 Å². The molecule has 2 aliphatic rings. The fourth-order valence-corrected chi connectivity index (χ4v) is 4.31. The average molecular weight is 401 g/mol. The summed E-state index contributed by atoms with van der Waals surface area (Å²) < 4.78 is 6.47. The Morgan fingerprint density at radius 2 is 1.86 bits per heavy atom. The number of hydrogen-bond donors (Lipinski definition) is 3. The van der Waals surface area contributed by atoms with Gasteiger partial charge in [0.15, 0.2) is 5.96 Å². The molecule has 1 saturated carbocycles. The monoisotopic (exact) mass is 400 g/mol. The Morgan fingerprint density at radius 3 is 2.55 bits per heavy atom. The summed E-state index contributed by atoms with van der Waals surface area (Å²) in [4.78, 5) is 17.1. The highest BCUT2D eigenvalue weighted by Crippen LogP contribution is 2.46. The molecule has 6 nitrogen and oxygen atoms in total. The van der Waals surface area contributed by atoms with E-state index < -0.39 is 5.41 Å². The van der Waals surface area contributed by atoms with Gasteiger partial charge in [-0.2, -0.15) is 0 Å². The van der Waals surface area contributed by atoms with Gasteiger partial charge in [-0.15, -0.1) is 0 Å². The summed E-state index contributed by atoms with van der Waals surface area (Å²) in [6, 6.07) is 8.45. The summed E-state index contributed by atoms with van der Waals surface area (Å²) in [5.74, 6) is 1.76. The van der Waals surface area contributed by atoms with Crippen LogP contribution in [0.5, 0.6) is 5.75 Å². The van der Waals surface area contributed by atoms with Gasteiger partial charge in [0.05, 0.1) is 18.0 Å². The van der Waals surface area contributed by atoms with Crippen LogP contribution in [-0.2, 0) is 4.79 Å². The quantitative estimate of drug-likeness (QED) is 0.504. The van der Waals surface area contributed by atoms with Gasteiger partial charge in [0.25, 0.3) is 0 Å². The molecular weight excluding hydrogens is 364 g/mol. The van der Waals surface area contributed by atoms with E-state index in [1.165, 1.54) is 18.4 Å². The van der Waals surface area contributed by atoms with E-state index in [0.29, 0.717) is 13.1 Å². The molecule has 1 atom stereocenters. The van der Waals surface area contributed by atoms with E-state index in [1.807, 2.05) is 26.8 Å².